The molecule has 1 aromatic rings. The van der Waals surface area contributed by atoms with Gasteiger partial charge in [-0.25, -0.2) is 4.98 Å². The van der Waals surface area contributed by atoms with Crippen molar-refractivity contribution in [2.45, 2.75) is 13.3 Å². The van der Waals surface area contributed by atoms with Crippen molar-refractivity contribution in [3.05, 3.63) is 23.0 Å². The molecule has 0 spiro atoms. The number of halogens is 1. The van der Waals surface area contributed by atoms with Gasteiger partial charge in [0.05, 0.1) is 5.69 Å². The van der Waals surface area contributed by atoms with Gasteiger partial charge in [0.15, 0.2) is 5.15 Å². The van der Waals surface area contributed by atoms with E-state index in [1.54, 1.807) is 19.2 Å². The average Bonchev–Trinajstić information content (AvgIpc) is 2.10. The number of pyridine rings is 1. The molecule has 0 saturated carbocycles. The van der Waals surface area contributed by atoms with Crippen LogP contribution in [0, 0.1) is 6.92 Å². The van der Waals surface area contributed by atoms with E-state index in [0.717, 1.165) is 5.56 Å². The van der Waals surface area contributed by atoms with Crippen LogP contribution in [0.3, 0.4) is 0 Å². The van der Waals surface area contributed by atoms with E-state index in [1.807, 2.05) is 0 Å². The summed E-state index contributed by atoms with van der Waals surface area (Å²) in [5.41, 5.74) is 1.15. The lowest BCUT2D eigenvalue weighted by molar-refractivity contribution is -0.139. The molecule has 0 fully saturated rings. The van der Waals surface area contributed by atoms with Crippen molar-refractivity contribution >= 4 is 29.2 Å². The fraction of sp³-hybridized carbons (Fsp3) is 0.222. The van der Waals surface area contributed by atoms with Gasteiger partial charge in [-0.15, -0.1) is 0 Å². The molecule has 0 aliphatic rings. The monoisotopic (exact) mass is 228 g/mol. The lowest BCUT2D eigenvalue weighted by Crippen LogP contribution is -2.16. The van der Waals surface area contributed by atoms with E-state index >= 15 is 0 Å². The van der Waals surface area contributed by atoms with Crippen molar-refractivity contribution in [1.29, 1.82) is 0 Å². The number of aliphatic carboxylic acids is 1. The minimum atomic E-state index is -1.19. The molecule has 0 aromatic carbocycles. The lowest BCUT2D eigenvalue weighted by Gasteiger charge is -2.05. The van der Waals surface area contributed by atoms with Crippen LogP contribution in [0.5, 0.6) is 0 Å². The van der Waals surface area contributed by atoms with E-state index < -0.39 is 18.3 Å². The number of amides is 1. The van der Waals surface area contributed by atoms with Gasteiger partial charge < -0.3 is 10.4 Å². The Balaban J connectivity index is 2.76. The zero-order valence-corrected chi connectivity index (χ0v) is 8.71. The van der Waals surface area contributed by atoms with Crippen molar-refractivity contribution in [3.63, 3.8) is 0 Å². The van der Waals surface area contributed by atoms with E-state index in [4.69, 9.17) is 16.7 Å². The fourth-order valence-corrected chi connectivity index (χ4v) is 1.12. The van der Waals surface area contributed by atoms with Crippen molar-refractivity contribution in [3.8, 4) is 0 Å². The number of nitrogens with one attached hydrogen (secondary N) is 1. The van der Waals surface area contributed by atoms with Gasteiger partial charge in [-0.1, -0.05) is 11.6 Å². The number of rotatable bonds is 3. The SMILES string of the molecule is Cc1cnc(Cl)c(NC(=O)CC(=O)O)c1. The number of anilines is 1. The first-order valence-electron chi connectivity index (χ1n) is 4.13. The summed E-state index contributed by atoms with van der Waals surface area (Å²) in [6.07, 6.45) is 0.958. The van der Waals surface area contributed by atoms with E-state index in [9.17, 15) is 9.59 Å². The highest BCUT2D eigenvalue weighted by molar-refractivity contribution is 6.32. The largest absolute Gasteiger partial charge is 0.481 e. The maximum atomic E-state index is 11.1. The van der Waals surface area contributed by atoms with Crippen molar-refractivity contribution < 1.29 is 14.7 Å². The third-order valence-corrected chi connectivity index (χ3v) is 1.86. The Morgan fingerprint density at radius 1 is 1.60 bits per heavy atom. The Hall–Kier alpha value is -1.62. The molecular weight excluding hydrogens is 220 g/mol. The number of carboxylic acids is 1. The van der Waals surface area contributed by atoms with Crippen LogP contribution in [0.15, 0.2) is 12.3 Å². The molecule has 0 aliphatic carbocycles. The molecule has 1 aromatic heterocycles. The van der Waals surface area contributed by atoms with Gasteiger partial charge >= 0.3 is 5.97 Å². The first kappa shape index (κ1) is 11.5. The second-order valence-corrected chi connectivity index (χ2v) is 3.33. The zero-order chi connectivity index (χ0) is 11.4. The average molecular weight is 229 g/mol. The number of carbonyl (C=O) groups is 2. The smallest absolute Gasteiger partial charge is 0.312 e. The van der Waals surface area contributed by atoms with E-state index in [0.29, 0.717) is 5.69 Å². The Morgan fingerprint density at radius 2 is 2.27 bits per heavy atom. The van der Waals surface area contributed by atoms with Crippen LogP contribution in [0.1, 0.15) is 12.0 Å². The minimum absolute atomic E-state index is 0.138. The normalized spacial score (nSPS) is 9.73. The Kier molecular flexibility index (Phi) is 3.62. The van der Waals surface area contributed by atoms with Crippen LogP contribution in [-0.4, -0.2) is 22.0 Å². The number of hydrogen-bond acceptors (Lipinski definition) is 3. The fourth-order valence-electron chi connectivity index (χ4n) is 0.972. The molecule has 0 radical (unpaired) electrons. The summed E-state index contributed by atoms with van der Waals surface area (Å²) < 4.78 is 0. The first-order valence-corrected chi connectivity index (χ1v) is 4.50. The summed E-state index contributed by atoms with van der Waals surface area (Å²) in [4.78, 5) is 25.2. The second-order valence-electron chi connectivity index (χ2n) is 2.97. The summed E-state index contributed by atoms with van der Waals surface area (Å²) in [6.45, 7) is 1.79. The Bertz CT molecular complexity index is 406. The molecule has 0 bridgehead atoms. The number of hydrogen-bond donors (Lipinski definition) is 2. The predicted molar refractivity (Wildman–Crippen MR) is 54.9 cm³/mol. The molecule has 1 rings (SSSR count). The summed E-state index contributed by atoms with van der Waals surface area (Å²) in [6, 6.07) is 1.62. The van der Waals surface area contributed by atoms with Crippen LogP contribution in [-0.2, 0) is 9.59 Å². The molecule has 80 valence electrons. The quantitative estimate of drug-likeness (QED) is 0.606. The summed E-state index contributed by atoms with van der Waals surface area (Å²) in [7, 11) is 0. The van der Waals surface area contributed by atoms with Crippen LogP contribution in [0.25, 0.3) is 0 Å². The maximum absolute atomic E-state index is 11.1. The highest BCUT2D eigenvalue weighted by Gasteiger charge is 2.10. The molecule has 0 atom stereocenters. The number of aromatic nitrogens is 1. The van der Waals surface area contributed by atoms with Gasteiger partial charge in [0.25, 0.3) is 0 Å². The molecule has 2 N–H and O–H groups in total. The lowest BCUT2D eigenvalue weighted by atomic mass is 10.3. The van der Waals surface area contributed by atoms with E-state index in [2.05, 4.69) is 10.3 Å². The number of carbonyl (C=O) groups excluding carboxylic acids is 1. The maximum Gasteiger partial charge on any atom is 0.312 e. The van der Waals surface area contributed by atoms with Crippen LogP contribution in [0.2, 0.25) is 5.15 Å². The molecule has 5 nitrogen and oxygen atoms in total. The summed E-state index contributed by atoms with van der Waals surface area (Å²) in [5.74, 6) is -1.82. The van der Waals surface area contributed by atoms with E-state index in [-0.39, 0.29) is 5.15 Å². The summed E-state index contributed by atoms with van der Waals surface area (Å²) in [5, 5.41) is 10.9. The Morgan fingerprint density at radius 3 is 2.87 bits per heavy atom. The molecule has 15 heavy (non-hydrogen) atoms. The number of nitrogens with zero attached hydrogens (tertiary/aromatic N) is 1. The standard InChI is InChI=1S/C9H9ClN2O3/c1-5-2-6(9(10)11-4-5)12-7(13)3-8(14)15/h2,4H,3H2,1H3,(H,12,13)(H,14,15). The third-order valence-electron chi connectivity index (χ3n) is 1.56. The second kappa shape index (κ2) is 4.75. The molecule has 1 heterocycles. The van der Waals surface area contributed by atoms with Gasteiger partial charge in [0, 0.05) is 6.20 Å². The Labute approximate surface area is 91.1 Å². The predicted octanol–water partition coefficient (Wildman–Crippen LogP) is 1.46. The van der Waals surface area contributed by atoms with Crippen LogP contribution < -0.4 is 5.32 Å². The van der Waals surface area contributed by atoms with Crippen LogP contribution >= 0.6 is 11.6 Å². The van der Waals surface area contributed by atoms with Crippen molar-refractivity contribution in [2.75, 3.05) is 5.32 Å². The van der Waals surface area contributed by atoms with Crippen LogP contribution in [0.4, 0.5) is 5.69 Å². The van der Waals surface area contributed by atoms with Gasteiger partial charge in [0.2, 0.25) is 5.91 Å². The van der Waals surface area contributed by atoms with Crippen molar-refractivity contribution in [1.82, 2.24) is 4.98 Å². The third kappa shape index (κ3) is 3.55. The topological polar surface area (TPSA) is 79.3 Å². The number of carboxylic acid groups (broad SMARTS) is 1. The highest BCUT2D eigenvalue weighted by atomic mass is 35.5. The molecule has 1 amide bonds. The number of aryl methyl sites for hydroxylation is 1. The molecule has 6 heteroatoms. The first-order chi connectivity index (χ1) is 6.99. The highest BCUT2D eigenvalue weighted by Crippen LogP contribution is 2.19. The van der Waals surface area contributed by atoms with Crippen molar-refractivity contribution in [2.24, 2.45) is 0 Å². The minimum Gasteiger partial charge on any atom is -0.481 e. The van der Waals surface area contributed by atoms with Gasteiger partial charge in [-0.2, -0.15) is 0 Å². The summed E-state index contributed by atoms with van der Waals surface area (Å²) >= 11 is 5.70. The van der Waals surface area contributed by atoms with Gasteiger partial charge in [-0.05, 0) is 18.6 Å². The molecule has 0 saturated heterocycles. The molecule has 0 aliphatic heterocycles. The molecule has 0 unspecified atom stereocenters. The molecular formula is C9H9ClN2O3. The van der Waals surface area contributed by atoms with Gasteiger partial charge in [-0.3, -0.25) is 9.59 Å². The zero-order valence-electron chi connectivity index (χ0n) is 7.95. The van der Waals surface area contributed by atoms with Gasteiger partial charge in [0.1, 0.15) is 6.42 Å². The van der Waals surface area contributed by atoms with E-state index in [1.165, 1.54) is 0 Å².